The standard InChI is InChI=1S/C12H17N3O/c1-12(2,7-16)11(13)8-5-10-9(15-6-8)3-4-14-10/h3-6,11,14,16H,7,13H2,1-2H3/t11-/m1/s1. The van der Waals surface area contributed by atoms with E-state index in [0.29, 0.717) is 0 Å². The number of H-pyrrole nitrogens is 1. The number of hydrogen-bond acceptors (Lipinski definition) is 3. The van der Waals surface area contributed by atoms with Crippen LogP contribution >= 0.6 is 0 Å². The molecule has 0 aliphatic carbocycles. The van der Waals surface area contributed by atoms with Crippen molar-refractivity contribution in [3.8, 4) is 0 Å². The van der Waals surface area contributed by atoms with Crippen molar-refractivity contribution in [2.24, 2.45) is 11.1 Å². The Balaban J connectivity index is 2.39. The Hall–Kier alpha value is -1.39. The van der Waals surface area contributed by atoms with Crippen molar-refractivity contribution < 1.29 is 5.11 Å². The molecule has 4 N–H and O–H groups in total. The van der Waals surface area contributed by atoms with Crippen LogP contribution in [-0.4, -0.2) is 21.7 Å². The lowest BCUT2D eigenvalue weighted by Crippen LogP contribution is -2.32. The molecular weight excluding hydrogens is 202 g/mol. The van der Waals surface area contributed by atoms with Crippen molar-refractivity contribution in [3.05, 3.63) is 30.1 Å². The van der Waals surface area contributed by atoms with Gasteiger partial charge in [-0.15, -0.1) is 0 Å². The van der Waals surface area contributed by atoms with Gasteiger partial charge in [0.15, 0.2) is 0 Å². The third-order valence-electron chi connectivity index (χ3n) is 3.03. The lowest BCUT2D eigenvalue weighted by molar-refractivity contribution is 0.132. The summed E-state index contributed by atoms with van der Waals surface area (Å²) in [6.45, 7) is 3.93. The summed E-state index contributed by atoms with van der Waals surface area (Å²) in [5, 5.41) is 9.29. The van der Waals surface area contributed by atoms with Gasteiger partial charge < -0.3 is 15.8 Å². The Kier molecular flexibility index (Phi) is 2.69. The normalized spacial score (nSPS) is 14.2. The molecule has 0 aliphatic heterocycles. The Morgan fingerprint density at radius 3 is 3.00 bits per heavy atom. The quantitative estimate of drug-likeness (QED) is 0.733. The summed E-state index contributed by atoms with van der Waals surface area (Å²) in [6, 6.07) is 3.68. The van der Waals surface area contributed by atoms with Crippen LogP contribution in [0.5, 0.6) is 0 Å². The van der Waals surface area contributed by atoms with E-state index in [2.05, 4.69) is 9.97 Å². The van der Waals surface area contributed by atoms with Gasteiger partial charge >= 0.3 is 0 Å². The van der Waals surface area contributed by atoms with Crippen LogP contribution < -0.4 is 5.73 Å². The maximum absolute atomic E-state index is 9.29. The maximum Gasteiger partial charge on any atom is 0.0878 e. The van der Waals surface area contributed by atoms with E-state index in [0.717, 1.165) is 16.6 Å². The van der Waals surface area contributed by atoms with Gasteiger partial charge in [-0.2, -0.15) is 0 Å². The van der Waals surface area contributed by atoms with Crippen LogP contribution in [0.25, 0.3) is 11.0 Å². The predicted molar refractivity (Wildman–Crippen MR) is 63.9 cm³/mol. The van der Waals surface area contributed by atoms with Crippen LogP contribution in [-0.2, 0) is 0 Å². The fraction of sp³-hybridized carbons (Fsp3) is 0.417. The molecular formula is C12H17N3O. The molecule has 1 atom stereocenters. The predicted octanol–water partition coefficient (Wildman–Crippen LogP) is 1.58. The van der Waals surface area contributed by atoms with Gasteiger partial charge in [-0.05, 0) is 17.7 Å². The number of nitrogens with two attached hydrogens (primary N) is 1. The number of pyridine rings is 1. The van der Waals surface area contributed by atoms with Crippen molar-refractivity contribution in [1.82, 2.24) is 9.97 Å². The number of rotatable bonds is 3. The van der Waals surface area contributed by atoms with Crippen molar-refractivity contribution in [2.75, 3.05) is 6.61 Å². The zero-order valence-electron chi connectivity index (χ0n) is 9.57. The highest BCUT2D eigenvalue weighted by Gasteiger charge is 2.27. The lowest BCUT2D eigenvalue weighted by Gasteiger charge is -2.29. The van der Waals surface area contributed by atoms with E-state index < -0.39 is 0 Å². The summed E-state index contributed by atoms with van der Waals surface area (Å²) in [5.74, 6) is 0. The number of fused-ring (bicyclic) bond motifs is 1. The van der Waals surface area contributed by atoms with Crippen LogP contribution in [0.15, 0.2) is 24.5 Å². The van der Waals surface area contributed by atoms with Gasteiger partial charge in [-0.25, -0.2) is 0 Å². The van der Waals surface area contributed by atoms with Gasteiger partial charge in [0.25, 0.3) is 0 Å². The molecule has 0 bridgehead atoms. The minimum atomic E-state index is -0.345. The Labute approximate surface area is 94.5 Å². The van der Waals surface area contributed by atoms with Gasteiger partial charge in [0.2, 0.25) is 0 Å². The fourth-order valence-corrected chi connectivity index (χ4v) is 1.67. The molecule has 2 rings (SSSR count). The highest BCUT2D eigenvalue weighted by Crippen LogP contribution is 2.31. The molecule has 0 radical (unpaired) electrons. The fourth-order valence-electron chi connectivity index (χ4n) is 1.67. The van der Waals surface area contributed by atoms with E-state index in [9.17, 15) is 5.11 Å². The second-order valence-electron chi connectivity index (χ2n) is 4.80. The van der Waals surface area contributed by atoms with Crippen LogP contribution in [0.1, 0.15) is 25.5 Å². The highest BCUT2D eigenvalue weighted by atomic mass is 16.3. The zero-order valence-corrected chi connectivity index (χ0v) is 9.57. The molecule has 86 valence electrons. The van der Waals surface area contributed by atoms with Crippen LogP contribution in [0.3, 0.4) is 0 Å². The van der Waals surface area contributed by atoms with E-state index in [1.807, 2.05) is 32.2 Å². The number of aliphatic hydroxyl groups excluding tert-OH is 1. The summed E-state index contributed by atoms with van der Waals surface area (Å²) in [4.78, 5) is 7.42. The van der Waals surface area contributed by atoms with Crippen LogP contribution in [0.2, 0.25) is 0 Å². The summed E-state index contributed by atoms with van der Waals surface area (Å²) in [7, 11) is 0. The zero-order chi connectivity index (χ0) is 11.8. The molecule has 0 unspecified atom stereocenters. The van der Waals surface area contributed by atoms with E-state index in [-0.39, 0.29) is 18.1 Å². The smallest absolute Gasteiger partial charge is 0.0878 e. The molecule has 4 nitrogen and oxygen atoms in total. The van der Waals surface area contributed by atoms with E-state index in [1.165, 1.54) is 0 Å². The summed E-state index contributed by atoms with van der Waals surface area (Å²) < 4.78 is 0. The molecule has 0 spiro atoms. The number of aliphatic hydroxyl groups is 1. The highest BCUT2D eigenvalue weighted by molar-refractivity contribution is 5.75. The molecule has 0 saturated carbocycles. The first-order valence-electron chi connectivity index (χ1n) is 5.34. The van der Waals surface area contributed by atoms with Gasteiger partial charge in [-0.1, -0.05) is 13.8 Å². The Morgan fingerprint density at radius 2 is 2.31 bits per heavy atom. The molecule has 2 heterocycles. The molecule has 2 aromatic heterocycles. The lowest BCUT2D eigenvalue weighted by atomic mass is 9.82. The van der Waals surface area contributed by atoms with E-state index in [4.69, 9.17) is 5.73 Å². The van der Waals surface area contributed by atoms with Gasteiger partial charge in [0.05, 0.1) is 11.0 Å². The number of nitrogens with zero attached hydrogens (tertiary/aromatic N) is 1. The average molecular weight is 219 g/mol. The second-order valence-corrected chi connectivity index (χ2v) is 4.80. The Morgan fingerprint density at radius 1 is 1.56 bits per heavy atom. The molecule has 16 heavy (non-hydrogen) atoms. The maximum atomic E-state index is 9.29. The van der Waals surface area contributed by atoms with E-state index in [1.54, 1.807) is 6.20 Å². The number of hydrogen-bond donors (Lipinski definition) is 3. The van der Waals surface area contributed by atoms with Crippen molar-refractivity contribution >= 4 is 11.0 Å². The third kappa shape index (κ3) is 1.81. The SMILES string of the molecule is CC(C)(CO)[C@H](N)c1cnc2cc[nH]c2c1. The van der Waals surface area contributed by atoms with Gasteiger partial charge in [0, 0.05) is 30.5 Å². The largest absolute Gasteiger partial charge is 0.396 e. The van der Waals surface area contributed by atoms with Crippen LogP contribution in [0, 0.1) is 5.41 Å². The van der Waals surface area contributed by atoms with Crippen molar-refractivity contribution in [1.29, 1.82) is 0 Å². The van der Waals surface area contributed by atoms with Gasteiger partial charge in [-0.3, -0.25) is 4.98 Å². The molecule has 0 fully saturated rings. The first-order valence-corrected chi connectivity index (χ1v) is 5.34. The van der Waals surface area contributed by atoms with Crippen LogP contribution in [0.4, 0.5) is 0 Å². The average Bonchev–Trinajstić information content (AvgIpc) is 2.74. The molecule has 2 aromatic rings. The molecule has 0 aliphatic rings. The summed E-state index contributed by atoms with van der Waals surface area (Å²) in [6.07, 6.45) is 3.63. The first kappa shape index (κ1) is 11.1. The van der Waals surface area contributed by atoms with Crippen molar-refractivity contribution in [3.63, 3.8) is 0 Å². The minimum Gasteiger partial charge on any atom is -0.396 e. The number of nitrogens with one attached hydrogen (secondary N) is 1. The molecule has 0 amide bonds. The first-order chi connectivity index (χ1) is 7.54. The molecule has 0 saturated heterocycles. The van der Waals surface area contributed by atoms with E-state index >= 15 is 0 Å². The van der Waals surface area contributed by atoms with Crippen molar-refractivity contribution in [2.45, 2.75) is 19.9 Å². The van der Waals surface area contributed by atoms with Gasteiger partial charge in [0.1, 0.15) is 0 Å². The third-order valence-corrected chi connectivity index (χ3v) is 3.03. The summed E-state index contributed by atoms with van der Waals surface area (Å²) in [5.41, 5.74) is 8.63. The summed E-state index contributed by atoms with van der Waals surface area (Å²) >= 11 is 0. The monoisotopic (exact) mass is 219 g/mol. The Bertz CT molecular complexity index is 490. The molecule has 0 aromatic carbocycles. The molecule has 4 heteroatoms. The topological polar surface area (TPSA) is 74.9 Å². The number of aromatic amines is 1. The number of aromatic nitrogens is 2. The minimum absolute atomic E-state index is 0.0525. The second kappa shape index (κ2) is 3.88.